The van der Waals surface area contributed by atoms with Gasteiger partial charge in [-0.1, -0.05) is 13.8 Å². The van der Waals surface area contributed by atoms with Crippen LogP contribution >= 0.6 is 11.6 Å². The number of nitrogens with one attached hydrogen (secondary N) is 1. The average Bonchev–Trinajstić information content (AvgIpc) is 2.29. The minimum Gasteiger partial charge on any atom is -0.354 e. The summed E-state index contributed by atoms with van der Waals surface area (Å²) in [6.45, 7) is 6.92. The molecule has 1 N–H and O–H groups in total. The van der Waals surface area contributed by atoms with Crippen LogP contribution in [0, 0.1) is 12.8 Å². The molecule has 0 spiro atoms. The van der Waals surface area contributed by atoms with E-state index in [0.717, 1.165) is 5.56 Å². The van der Waals surface area contributed by atoms with Crippen molar-refractivity contribution in [2.75, 3.05) is 25.0 Å². The van der Waals surface area contributed by atoms with Crippen molar-refractivity contribution in [2.45, 2.75) is 20.8 Å². The molecule has 1 amide bonds. The van der Waals surface area contributed by atoms with Crippen LogP contribution in [0.1, 0.15) is 19.4 Å². The van der Waals surface area contributed by atoms with Gasteiger partial charge in [0, 0.05) is 25.4 Å². The van der Waals surface area contributed by atoms with Crippen LogP contribution in [0.3, 0.4) is 0 Å². The Morgan fingerprint density at radius 2 is 2.22 bits per heavy atom. The SMILES string of the molecule is Cc1cnc(Cl)nc1N(C)CC(=O)NCC(C)C. The first-order valence-electron chi connectivity index (χ1n) is 5.87. The maximum absolute atomic E-state index is 11.7. The van der Waals surface area contributed by atoms with E-state index < -0.39 is 0 Å². The van der Waals surface area contributed by atoms with E-state index in [4.69, 9.17) is 11.6 Å². The van der Waals surface area contributed by atoms with E-state index in [9.17, 15) is 4.79 Å². The summed E-state index contributed by atoms with van der Waals surface area (Å²) >= 11 is 5.75. The van der Waals surface area contributed by atoms with Crippen LogP contribution in [0.5, 0.6) is 0 Å². The normalized spacial score (nSPS) is 10.6. The number of hydrogen-bond donors (Lipinski definition) is 1. The molecule has 100 valence electrons. The summed E-state index contributed by atoms with van der Waals surface area (Å²) < 4.78 is 0. The van der Waals surface area contributed by atoms with Crippen LogP contribution in [0.25, 0.3) is 0 Å². The molecule has 0 atom stereocenters. The van der Waals surface area contributed by atoms with E-state index in [2.05, 4.69) is 29.1 Å². The van der Waals surface area contributed by atoms with Crippen LogP contribution in [-0.4, -0.2) is 36.0 Å². The number of hydrogen-bond acceptors (Lipinski definition) is 4. The predicted octanol–water partition coefficient (Wildman–Crippen LogP) is 1.65. The van der Waals surface area contributed by atoms with E-state index in [1.54, 1.807) is 18.1 Å². The Balaban J connectivity index is 2.62. The highest BCUT2D eigenvalue weighted by atomic mass is 35.5. The molecule has 0 aliphatic carbocycles. The summed E-state index contributed by atoms with van der Waals surface area (Å²) in [6.07, 6.45) is 1.65. The van der Waals surface area contributed by atoms with Crippen LogP contribution in [0.2, 0.25) is 5.28 Å². The fourth-order valence-corrected chi connectivity index (χ4v) is 1.59. The molecule has 6 heteroatoms. The lowest BCUT2D eigenvalue weighted by molar-refractivity contribution is -0.119. The summed E-state index contributed by atoms with van der Waals surface area (Å²) in [5.41, 5.74) is 0.888. The van der Waals surface area contributed by atoms with Gasteiger partial charge in [-0.3, -0.25) is 4.79 Å². The lowest BCUT2D eigenvalue weighted by atomic mass is 10.2. The number of halogens is 1. The van der Waals surface area contributed by atoms with Gasteiger partial charge in [-0.05, 0) is 24.4 Å². The average molecular weight is 271 g/mol. The van der Waals surface area contributed by atoms with Gasteiger partial charge in [0.1, 0.15) is 5.82 Å². The van der Waals surface area contributed by atoms with Crippen molar-refractivity contribution in [3.63, 3.8) is 0 Å². The Morgan fingerprint density at radius 1 is 1.56 bits per heavy atom. The third-order valence-corrected chi connectivity index (χ3v) is 2.55. The quantitative estimate of drug-likeness (QED) is 0.827. The zero-order valence-corrected chi connectivity index (χ0v) is 12.0. The van der Waals surface area contributed by atoms with Crippen LogP contribution < -0.4 is 10.2 Å². The van der Waals surface area contributed by atoms with Crippen LogP contribution in [0.15, 0.2) is 6.20 Å². The fourth-order valence-electron chi connectivity index (χ4n) is 1.46. The smallest absolute Gasteiger partial charge is 0.239 e. The fraction of sp³-hybridized carbons (Fsp3) is 0.583. The molecule has 0 aromatic carbocycles. The number of amides is 1. The topological polar surface area (TPSA) is 58.1 Å². The van der Waals surface area contributed by atoms with E-state index in [1.807, 2.05) is 6.92 Å². The number of carbonyl (C=O) groups is 1. The Labute approximate surface area is 113 Å². The molecule has 0 unspecified atom stereocenters. The second-order valence-corrected chi connectivity index (χ2v) is 5.04. The maximum atomic E-state index is 11.7. The molecular weight excluding hydrogens is 252 g/mol. The molecule has 0 radical (unpaired) electrons. The highest BCUT2D eigenvalue weighted by Crippen LogP contribution is 2.16. The molecule has 0 aliphatic rings. The zero-order chi connectivity index (χ0) is 13.7. The second kappa shape index (κ2) is 6.54. The number of rotatable bonds is 5. The van der Waals surface area contributed by atoms with E-state index in [0.29, 0.717) is 18.3 Å². The summed E-state index contributed by atoms with van der Waals surface area (Å²) in [5.74, 6) is 1.09. The van der Waals surface area contributed by atoms with Crippen molar-refractivity contribution in [1.82, 2.24) is 15.3 Å². The molecule has 0 aliphatic heterocycles. The summed E-state index contributed by atoms with van der Waals surface area (Å²) in [7, 11) is 1.81. The summed E-state index contributed by atoms with van der Waals surface area (Å²) in [6, 6.07) is 0. The molecule has 0 saturated heterocycles. The van der Waals surface area contributed by atoms with Gasteiger partial charge in [0.05, 0.1) is 6.54 Å². The predicted molar refractivity (Wildman–Crippen MR) is 72.9 cm³/mol. The van der Waals surface area contributed by atoms with Gasteiger partial charge in [0.15, 0.2) is 0 Å². The number of aryl methyl sites for hydroxylation is 1. The Morgan fingerprint density at radius 3 is 2.83 bits per heavy atom. The van der Waals surface area contributed by atoms with E-state index in [1.165, 1.54) is 0 Å². The van der Waals surface area contributed by atoms with Crippen molar-refractivity contribution in [3.8, 4) is 0 Å². The summed E-state index contributed by atoms with van der Waals surface area (Å²) in [4.78, 5) is 21.5. The van der Waals surface area contributed by atoms with Crippen LogP contribution in [-0.2, 0) is 4.79 Å². The largest absolute Gasteiger partial charge is 0.354 e. The lowest BCUT2D eigenvalue weighted by Crippen LogP contribution is -2.37. The first kappa shape index (κ1) is 14.7. The van der Waals surface area contributed by atoms with Crippen LogP contribution in [0.4, 0.5) is 5.82 Å². The molecule has 0 fully saturated rings. The number of aromatic nitrogens is 2. The highest BCUT2D eigenvalue weighted by Gasteiger charge is 2.12. The van der Waals surface area contributed by atoms with Crippen molar-refractivity contribution in [1.29, 1.82) is 0 Å². The monoisotopic (exact) mass is 270 g/mol. The molecule has 1 aromatic heterocycles. The van der Waals surface area contributed by atoms with E-state index >= 15 is 0 Å². The molecule has 0 saturated carbocycles. The highest BCUT2D eigenvalue weighted by molar-refractivity contribution is 6.28. The Kier molecular flexibility index (Phi) is 5.34. The maximum Gasteiger partial charge on any atom is 0.239 e. The van der Waals surface area contributed by atoms with Gasteiger partial charge in [0.25, 0.3) is 0 Å². The number of carbonyl (C=O) groups excluding carboxylic acids is 1. The molecule has 0 bridgehead atoms. The van der Waals surface area contributed by atoms with Gasteiger partial charge in [-0.25, -0.2) is 9.97 Å². The minimum absolute atomic E-state index is 0.0275. The minimum atomic E-state index is -0.0275. The molecule has 1 heterocycles. The molecule has 1 aromatic rings. The van der Waals surface area contributed by atoms with E-state index in [-0.39, 0.29) is 17.7 Å². The third kappa shape index (κ3) is 4.49. The van der Waals surface area contributed by atoms with Gasteiger partial charge in [0.2, 0.25) is 11.2 Å². The first-order valence-corrected chi connectivity index (χ1v) is 6.25. The van der Waals surface area contributed by atoms with Gasteiger partial charge >= 0.3 is 0 Å². The third-order valence-electron chi connectivity index (χ3n) is 2.37. The first-order chi connectivity index (χ1) is 8.40. The lowest BCUT2D eigenvalue weighted by Gasteiger charge is -2.19. The van der Waals surface area contributed by atoms with Crippen molar-refractivity contribution >= 4 is 23.3 Å². The Hall–Kier alpha value is -1.36. The van der Waals surface area contributed by atoms with Crippen molar-refractivity contribution < 1.29 is 4.79 Å². The molecule has 18 heavy (non-hydrogen) atoms. The van der Waals surface area contributed by atoms with Crippen molar-refractivity contribution in [3.05, 3.63) is 17.0 Å². The van der Waals surface area contributed by atoms with Gasteiger partial charge < -0.3 is 10.2 Å². The van der Waals surface area contributed by atoms with Gasteiger partial charge in [-0.2, -0.15) is 0 Å². The Bertz CT molecular complexity index is 423. The number of nitrogens with zero attached hydrogens (tertiary/aromatic N) is 3. The number of likely N-dealkylation sites (N-methyl/N-ethyl adjacent to an activating group) is 1. The zero-order valence-electron chi connectivity index (χ0n) is 11.2. The number of anilines is 1. The summed E-state index contributed by atoms with van der Waals surface area (Å²) in [5, 5.41) is 3.05. The van der Waals surface area contributed by atoms with Crippen molar-refractivity contribution in [2.24, 2.45) is 5.92 Å². The van der Waals surface area contributed by atoms with Gasteiger partial charge in [-0.15, -0.1) is 0 Å². The second-order valence-electron chi connectivity index (χ2n) is 4.70. The molecular formula is C12H19ClN4O. The standard InChI is InChI=1S/C12H19ClN4O/c1-8(2)5-14-10(18)7-17(4)11-9(3)6-15-12(13)16-11/h6,8H,5,7H2,1-4H3,(H,14,18). The molecule has 1 rings (SSSR count). The molecule has 5 nitrogen and oxygen atoms in total.